The minimum absolute atomic E-state index is 0.0508. The Labute approximate surface area is 113 Å². The van der Waals surface area contributed by atoms with E-state index in [0.29, 0.717) is 22.5 Å². The molecule has 2 heterocycles. The molecule has 3 rings (SSSR count). The predicted molar refractivity (Wildman–Crippen MR) is 73.6 cm³/mol. The zero-order chi connectivity index (χ0) is 13.2. The number of thiocarbonyl (C=S) groups is 1. The largest absolute Gasteiger partial charge is 0.507 e. The molecule has 92 valence electrons. The first-order valence-corrected chi connectivity index (χ1v) is 5.81. The summed E-state index contributed by atoms with van der Waals surface area (Å²) in [6, 6.07) is 8.26. The molecule has 0 aliphatic heterocycles. The zero-order valence-electron chi connectivity index (χ0n) is 9.57. The molecule has 0 saturated carbocycles. The van der Waals surface area contributed by atoms with Gasteiger partial charge in [0.1, 0.15) is 5.75 Å². The molecule has 5 nitrogen and oxygen atoms in total. The molecule has 0 atom stereocenters. The lowest BCUT2D eigenvalue weighted by Crippen LogP contribution is -1.79. The predicted octanol–water partition coefficient (Wildman–Crippen LogP) is 3.33. The summed E-state index contributed by atoms with van der Waals surface area (Å²) in [4.78, 5) is 12.2. The molecule has 0 fully saturated rings. The van der Waals surface area contributed by atoms with Crippen molar-refractivity contribution in [3.63, 3.8) is 0 Å². The topological polar surface area (TPSA) is 71.5 Å². The van der Waals surface area contributed by atoms with Gasteiger partial charge in [-0.05, 0) is 42.5 Å². The maximum atomic E-state index is 9.87. The standard InChI is InChI=1S/C13H7N3O2S/c17-10-4-3-8(15-7-19)6-9(10)13-16-12-11(18-13)2-1-5-14-12/h1-6,17H. The van der Waals surface area contributed by atoms with Gasteiger partial charge in [-0.1, -0.05) is 0 Å². The molecule has 0 aliphatic carbocycles. The lowest BCUT2D eigenvalue weighted by Gasteiger charge is -2.00. The molecule has 0 aliphatic rings. The Bertz CT molecular complexity index is 774. The van der Waals surface area contributed by atoms with Crippen LogP contribution in [0.2, 0.25) is 0 Å². The number of benzene rings is 1. The van der Waals surface area contributed by atoms with Crippen molar-refractivity contribution < 1.29 is 9.52 Å². The third-order valence-electron chi connectivity index (χ3n) is 2.55. The maximum absolute atomic E-state index is 9.87. The van der Waals surface area contributed by atoms with Gasteiger partial charge in [-0.25, -0.2) is 4.98 Å². The minimum atomic E-state index is 0.0508. The van der Waals surface area contributed by atoms with Crippen LogP contribution in [0, 0.1) is 0 Å². The number of aromatic hydroxyl groups is 1. The summed E-state index contributed by atoms with van der Waals surface area (Å²) < 4.78 is 5.55. The highest BCUT2D eigenvalue weighted by Gasteiger charge is 2.13. The molecule has 0 bridgehead atoms. The fraction of sp³-hybridized carbons (Fsp3) is 0. The van der Waals surface area contributed by atoms with Crippen LogP contribution in [0.25, 0.3) is 22.7 Å². The summed E-state index contributed by atoms with van der Waals surface area (Å²) in [6.07, 6.45) is 1.63. The summed E-state index contributed by atoms with van der Waals surface area (Å²) >= 11 is 4.55. The highest BCUT2D eigenvalue weighted by atomic mass is 32.1. The average molecular weight is 269 g/mol. The molecule has 19 heavy (non-hydrogen) atoms. The zero-order valence-corrected chi connectivity index (χ0v) is 10.4. The molecule has 0 spiro atoms. The Morgan fingerprint density at radius 1 is 1.32 bits per heavy atom. The van der Waals surface area contributed by atoms with Crippen molar-refractivity contribution in [2.75, 3.05) is 0 Å². The molecule has 2 aromatic heterocycles. The van der Waals surface area contributed by atoms with Crippen LogP contribution in [0.1, 0.15) is 0 Å². The minimum Gasteiger partial charge on any atom is -0.507 e. The Morgan fingerprint density at radius 2 is 2.21 bits per heavy atom. The van der Waals surface area contributed by atoms with Crippen LogP contribution in [-0.4, -0.2) is 20.2 Å². The highest BCUT2D eigenvalue weighted by Crippen LogP contribution is 2.33. The Balaban J connectivity index is 2.19. The molecule has 0 unspecified atom stereocenters. The van der Waals surface area contributed by atoms with Crippen LogP contribution >= 0.6 is 12.2 Å². The Hall–Kier alpha value is -2.56. The van der Waals surface area contributed by atoms with E-state index in [0.717, 1.165) is 0 Å². The second-order valence-corrected chi connectivity index (χ2v) is 3.93. The van der Waals surface area contributed by atoms with E-state index in [4.69, 9.17) is 4.42 Å². The molecule has 0 amide bonds. The van der Waals surface area contributed by atoms with Crippen molar-refractivity contribution in [1.82, 2.24) is 9.97 Å². The Kier molecular flexibility index (Phi) is 2.79. The molecule has 3 aromatic rings. The number of hydrogen-bond acceptors (Lipinski definition) is 6. The lowest BCUT2D eigenvalue weighted by atomic mass is 10.2. The number of aliphatic imine (C=N–C) groups is 1. The number of hydrogen-bond donors (Lipinski definition) is 1. The number of fused-ring (bicyclic) bond motifs is 1. The van der Waals surface area contributed by atoms with Crippen LogP contribution in [0.3, 0.4) is 0 Å². The molecule has 0 saturated heterocycles. The smallest absolute Gasteiger partial charge is 0.232 e. The first-order chi connectivity index (χ1) is 9.28. The number of oxazole rings is 1. The first-order valence-electron chi connectivity index (χ1n) is 5.41. The van der Waals surface area contributed by atoms with E-state index in [-0.39, 0.29) is 11.6 Å². The van der Waals surface area contributed by atoms with Gasteiger partial charge in [-0.3, -0.25) is 0 Å². The number of phenolic OH excluding ortho intramolecular Hbond substituents is 1. The fourth-order valence-electron chi connectivity index (χ4n) is 1.70. The van der Waals surface area contributed by atoms with Gasteiger partial charge in [0.2, 0.25) is 5.89 Å². The number of phenols is 1. The number of isothiocyanates is 1. The first kappa shape index (κ1) is 11.5. The number of aromatic nitrogens is 2. The van der Waals surface area contributed by atoms with Crippen LogP contribution in [0.15, 0.2) is 45.9 Å². The monoisotopic (exact) mass is 269 g/mol. The van der Waals surface area contributed by atoms with Gasteiger partial charge in [0.15, 0.2) is 11.2 Å². The molecular formula is C13H7N3O2S. The van der Waals surface area contributed by atoms with Gasteiger partial charge in [0.05, 0.1) is 16.4 Å². The van der Waals surface area contributed by atoms with Gasteiger partial charge < -0.3 is 9.52 Å². The molecule has 6 heteroatoms. The van der Waals surface area contributed by atoms with E-state index in [9.17, 15) is 5.11 Å². The summed E-state index contributed by atoms with van der Waals surface area (Å²) in [5, 5.41) is 12.1. The van der Waals surface area contributed by atoms with Crippen molar-refractivity contribution in [2.45, 2.75) is 0 Å². The van der Waals surface area contributed by atoms with Crippen LogP contribution in [0.5, 0.6) is 5.75 Å². The van der Waals surface area contributed by atoms with Crippen molar-refractivity contribution in [3.05, 3.63) is 36.5 Å². The summed E-state index contributed by atoms with van der Waals surface area (Å²) in [7, 11) is 0. The highest BCUT2D eigenvalue weighted by molar-refractivity contribution is 7.78. The Morgan fingerprint density at radius 3 is 3.00 bits per heavy atom. The van der Waals surface area contributed by atoms with Gasteiger partial charge in [-0.2, -0.15) is 9.98 Å². The van der Waals surface area contributed by atoms with Gasteiger partial charge in [-0.15, -0.1) is 0 Å². The van der Waals surface area contributed by atoms with Crippen LogP contribution in [-0.2, 0) is 0 Å². The van der Waals surface area contributed by atoms with E-state index >= 15 is 0 Å². The summed E-state index contributed by atoms with van der Waals surface area (Å²) in [5.41, 5.74) is 2.05. The van der Waals surface area contributed by atoms with Crippen molar-refractivity contribution in [2.24, 2.45) is 4.99 Å². The van der Waals surface area contributed by atoms with Crippen molar-refractivity contribution in [1.29, 1.82) is 0 Å². The van der Waals surface area contributed by atoms with Gasteiger partial charge in [0.25, 0.3) is 0 Å². The third-order valence-corrected chi connectivity index (χ3v) is 2.64. The summed E-state index contributed by atoms with van der Waals surface area (Å²) in [5.74, 6) is 0.336. The van der Waals surface area contributed by atoms with E-state index in [2.05, 4.69) is 32.3 Å². The second-order valence-electron chi connectivity index (χ2n) is 3.75. The van der Waals surface area contributed by atoms with Crippen LogP contribution in [0.4, 0.5) is 5.69 Å². The average Bonchev–Trinajstić information content (AvgIpc) is 2.85. The normalized spacial score (nSPS) is 10.3. The number of nitrogens with zero attached hydrogens (tertiary/aromatic N) is 3. The maximum Gasteiger partial charge on any atom is 0.232 e. The SMILES string of the molecule is Oc1ccc(N=C=S)cc1-c1nc2ncccc2o1. The van der Waals surface area contributed by atoms with Crippen molar-refractivity contribution >= 4 is 34.3 Å². The second kappa shape index (κ2) is 4.61. The van der Waals surface area contributed by atoms with E-state index < -0.39 is 0 Å². The summed E-state index contributed by atoms with van der Waals surface area (Å²) in [6.45, 7) is 0. The van der Waals surface area contributed by atoms with Crippen LogP contribution < -0.4 is 0 Å². The quantitative estimate of drug-likeness (QED) is 0.570. The van der Waals surface area contributed by atoms with E-state index in [1.807, 2.05) is 0 Å². The molecule has 1 aromatic carbocycles. The van der Waals surface area contributed by atoms with Crippen molar-refractivity contribution in [3.8, 4) is 17.2 Å². The molecule has 1 N–H and O–H groups in total. The van der Waals surface area contributed by atoms with Gasteiger partial charge >= 0.3 is 0 Å². The number of pyridine rings is 1. The van der Waals surface area contributed by atoms with E-state index in [1.165, 1.54) is 6.07 Å². The fourth-order valence-corrected chi connectivity index (χ4v) is 1.81. The van der Waals surface area contributed by atoms with Gasteiger partial charge in [0, 0.05) is 6.20 Å². The molecule has 0 radical (unpaired) electrons. The lowest BCUT2D eigenvalue weighted by molar-refractivity contribution is 0.474. The molecular weight excluding hydrogens is 262 g/mol. The number of rotatable bonds is 2. The third kappa shape index (κ3) is 2.10. The van der Waals surface area contributed by atoms with E-state index in [1.54, 1.807) is 30.5 Å².